The summed E-state index contributed by atoms with van der Waals surface area (Å²) < 4.78 is 23.1. The number of aliphatic imine (C=N–C) groups is 1. The molecule has 0 radical (unpaired) electrons. The highest BCUT2D eigenvalue weighted by atomic mass is 32.2. The van der Waals surface area contributed by atoms with Crippen molar-refractivity contribution in [3.8, 4) is 0 Å². The van der Waals surface area contributed by atoms with E-state index in [-0.39, 0.29) is 17.5 Å². The number of fused-ring (bicyclic) bond motifs is 1. The number of hydrogen-bond acceptors (Lipinski definition) is 4. The molecule has 0 saturated carbocycles. The lowest BCUT2D eigenvalue weighted by Crippen LogP contribution is -2.48. The van der Waals surface area contributed by atoms with Crippen LogP contribution < -0.4 is 15.5 Å². The summed E-state index contributed by atoms with van der Waals surface area (Å²) in [6, 6.07) is 8.83. The van der Waals surface area contributed by atoms with Gasteiger partial charge < -0.3 is 15.5 Å². The van der Waals surface area contributed by atoms with Gasteiger partial charge in [-0.1, -0.05) is 18.2 Å². The van der Waals surface area contributed by atoms with Crippen molar-refractivity contribution >= 4 is 21.5 Å². The van der Waals surface area contributed by atoms with Crippen LogP contribution in [0.5, 0.6) is 0 Å². The van der Waals surface area contributed by atoms with Crippen molar-refractivity contribution in [1.29, 1.82) is 0 Å². The summed E-state index contributed by atoms with van der Waals surface area (Å²) in [5.74, 6) is 1.14. The molecule has 2 unspecified atom stereocenters. The molecular formula is C17H26N4O2S. The Morgan fingerprint density at radius 3 is 2.92 bits per heavy atom. The number of anilines is 1. The monoisotopic (exact) mass is 350 g/mol. The van der Waals surface area contributed by atoms with Gasteiger partial charge in [0.15, 0.2) is 15.8 Å². The molecule has 1 saturated heterocycles. The fourth-order valence-electron chi connectivity index (χ4n) is 3.47. The molecule has 1 fully saturated rings. The van der Waals surface area contributed by atoms with Crippen molar-refractivity contribution in [3.63, 3.8) is 0 Å². The minimum Gasteiger partial charge on any atom is -0.366 e. The van der Waals surface area contributed by atoms with E-state index in [2.05, 4.69) is 51.7 Å². The Labute approximate surface area is 144 Å². The highest BCUT2D eigenvalue weighted by molar-refractivity contribution is 7.91. The number of nitrogens with zero attached hydrogens (tertiary/aromatic N) is 2. The van der Waals surface area contributed by atoms with Crippen LogP contribution in [-0.4, -0.2) is 58.1 Å². The standard InChI is InChI=1S/C17H26N4O2S/c1-13(21-9-7-14-5-3-4-6-16(14)21)11-19-17(18-2)20-15-8-10-24(22,23)12-15/h3-6,13,15H,7-12H2,1-2H3,(H2,18,19,20). The number of nitrogens with one attached hydrogen (secondary N) is 2. The van der Waals surface area contributed by atoms with Crippen LogP contribution in [-0.2, 0) is 16.3 Å². The van der Waals surface area contributed by atoms with Gasteiger partial charge >= 0.3 is 0 Å². The quantitative estimate of drug-likeness (QED) is 0.620. The first-order chi connectivity index (χ1) is 11.5. The molecular weight excluding hydrogens is 324 g/mol. The molecule has 2 atom stereocenters. The maximum absolute atomic E-state index is 11.6. The van der Waals surface area contributed by atoms with Gasteiger partial charge in [0, 0.05) is 37.9 Å². The lowest BCUT2D eigenvalue weighted by molar-refractivity contribution is 0.596. The number of sulfone groups is 1. The molecule has 3 rings (SSSR count). The van der Waals surface area contributed by atoms with Crippen LogP contribution in [0.1, 0.15) is 18.9 Å². The Kier molecular flexibility index (Phi) is 4.99. The fourth-order valence-corrected chi connectivity index (χ4v) is 5.15. The smallest absolute Gasteiger partial charge is 0.191 e. The van der Waals surface area contributed by atoms with Crippen LogP contribution in [0.3, 0.4) is 0 Å². The highest BCUT2D eigenvalue weighted by Gasteiger charge is 2.28. The highest BCUT2D eigenvalue weighted by Crippen LogP contribution is 2.28. The summed E-state index contributed by atoms with van der Waals surface area (Å²) in [6.45, 7) is 3.99. The van der Waals surface area contributed by atoms with Gasteiger partial charge in [0.05, 0.1) is 11.5 Å². The molecule has 132 valence electrons. The summed E-state index contributed by atoms with van der Waals surface area (Å²) in [5.41, 5.74) is 2.72. The Morgan fingerprint density at radius 1 is 1.42 bits per heavy atom. The Bertz CT molecular complexity index is 717. The van der Waals surface area contributed by atoms with E-state index < -0.39 is 9.84 Å². The van der Waals surface area contributed by atoms with Crippen molar-refractivity contribution in [2.24, 2.45) is 4.99 Å². The van der Waals surface area contributed by atoms with Crippen molar-refractivity contribution < 1.29 is 8.42 Å². The van der Waals surface area contributed by atoms with Gasteiger partial charge in [-0.15, -0.1) is 0 Å². The zero-order chi connectivity index (χ0) is 17.2. The molecule has 2 heterocycles. The summed E-state index contributed by atoms with van der Waals surface area (Å²) in [4.78, 5) is 6.64. The molecule has 0 amide bonds. The summed E-state index contributed by atoms with van der Waals surface area (Å²) in [6.07, 6.45) is 1.74. The second kappa shape index (κ2) is 7.01. The van der Waals surface area contributed by atoms with E-state index in [0.29, 0.717) is 18.4 Å². The first-order valence-corrected chi connectivity index (χ1v) is 10.3. The molecule has 0 aromatic heterocycles. The van der Waals surface area contributed by atoms with E-state index in [9.17, 15) is 8.42 Å². The average Bonchev–Trinajstić information content (AvgIpc) is 3.14. The second-order valence-electron chi connectivity index (χ2n) is 6.62. The lowest BCUT2D eigenvalue weighted by atomic mass is 10.2. The third-order valence-corrected chi connectivity index (χ3v) is 6.58. The van der Waals surface area contributed by atoms with E-state index in [1.807, 2.05) is 0 Å². The van der Waals surface area contributed by atoms with Crippen LogP contribution >= 0.6 is 0 Å². The van der Waals surface area contributed by atoms with Crippen LogP contribution in [0.2, 0.25) is 0 Å². The summed E-state index contributed by atoms with van der Waals surface area (Å²) in [7, 11) is -1.16. The van der Waals surface area contributed by atoms with Crippen LogP contribution in [0.15, 0.2) is 29.3 Å². The maximum atomic E-state index is 11.6. The zero-order valence-electron chi connectivity index (χ0n) is 14.3. The molecule has 0 bridgehead atoms. The number of rotatable bonds is 4. The van der Waals surface area contributed by atoms with Gasteiger partial charge in [-0.3, -0.25) is 4.99 Å². The molecule has 0 aliphatic carbocycles. The normalized spacial score (nSPS) is 23.8. The maximum Gasteiger partial charge on any atom is 0.191 e. The topological polar surface area (TPSA) is 73.8 Å². The minimum atomic E-state index is -2.88. The number of guanidine groups is 1. The van der Waals surface area contributed by atoms with Crippen molar-refractivity contribution in [3.05, 3.63) is 29.8 Å². The van der Waals surface area contributed by atoms with E-state index in [0.717, 1.165) is 19.5 Å². The Morgan fingerprint density at radius 2 is 2.21 bits per heavy atom. The molecule has 6 nitrogen and oxygen atoms in total. The number of hydrogen-bond donors (Lipinski definition) is 2. The van der Waals surface area contributed by atoms with E-state index in [4.69, 9.17) is 0 Å². The van der Waals surface area contributed by atoms with Crippen molar-refractivity contribution in [1.82, 2.24) is 10.6 Å². The first kappa shape index (κ1) is 17.1. The SMILES string of the molecule is CN=C(NCC(C)N1CCc2ccccc21)NC1CCS(=O)(=O)C1. The van der Waals surface area contributed by atoms with Gasteiger partial charge in [0.1, 0.15) is 0 Å². The van der Waals surface area contributed by atoms with Gasteiger partial charge in [-0.2, -0.15) is 0 Å². The molecule has 2 aliphatic rings. The van der Waals surface area contributed by atoms with Gasteiger partial charge in [-0.05, 0) is 31.4 Å². The van der Waals surface area contributed by atoms with E-state index in [1.54, 1.807) is 7.05 Å². The summed E-state index contributed by atoms with van der Waals surface area (Å²) in [5, 5.41) is 6.56. The van der Waals surface area contributed by atoms with Crippen molar-refractivity contribution in [2.45, 2.75) is 31.8 Å². The molecule has 0 spiro atoms. The van der Waals surface area contributed by atoms with Crippen LogP contribution in [0.25, 0.3) is 0 Å². The van der Waals surface area contributed by atoms with Crippen molar-refractivity contribution in [2.75, 3.05) is 36.5 Å². The molecule has 2 N–H and O–H groups in total. The average molecular weight is 350 g/mol. The third kappa shape index (κ3) is 3.83. The molecule has 7 heteroatoms. The minimum absolute atomic E-state index is 0.0379. The van der Waals surface area contributed by atoms with Gasteiger partial charge in [-0.25, -0.2) is 8.42 Å². The number of para-hydroxylation sites is 1. The zero-order valence-corrected chi connectivity index (χ0v) is 15.1. The van der Waals surface area contributed by atoms with E-state index >= 15 is 0 Å². The molecule has 2 aliphatic heterocycles. The largest absolute Gasteiger partial charge is 0.366 e. The van der Waals surface area contributed by atoms with Crippen LogP contribution in [0.4, 0.5) is 5.69 Å². The molecule has 24 heavy (non-hydrogen) atoms. The first-order valence-electron chi connectivity index (χ1n) is 8.50. The van der Waals surface area contributed by atoms with Gasteiger partial charge in [0.2, 0.25) is 0 Å². The number of benzene rings is 1. The van der Waals surface area contributed by atoms with Gasteiger partial charge in [0.25, 0.3) is 0 Å². The fraction of sp³-hybridized carbons (Fsp3) is 0.588. The molecule has 1 aromatic carbocycles. The lowest BCUT2D eigenvalue weighted by Gasteiger charge is -2.28. The Hall–Kier alpha value is -1.76. The predicted molar refractivity (Wildman–Crippen MR) is 98.5 cm³/mol. The molecule has 1 aromatic rings. The second-order valence-corrected chi connectivity index (χ2v) is 8.85. The predicted octanol–water partition coefficient (Wildman–Crippen LogP) is 0.790. The summed E-state index contributed by atoms with van der Waals surface area (Å²) >= 11 is 0. The Balaban J connectivity index is 1.53. The van der Waals surface area contributed by atoms with E-state index in [1.165, 1.54) is 11.3 Å². The third-order valence-electron chi connectivity index (χ3n) is 4.82. The van der Waals surface area contributed by atoms with Crippen LogP contribution in [0, 0.1) is 0 Å².